The van der Waals surface area contributed by atoms with Crippen molar-refractivity contribution in [2.45, 2.75) is 38.7 Å². The van der Waals surface area contributed by atoms with Gasteiger partial charge in [-0.25, -0.2) is 0 Å². The Balaban J connectivity index is 1.84. The standard InChI is InChI=1S/C15H19ClO/c1-10(2)15(9-17-15)14(3)8-13(14)11-4-6-12(16)7-5-11/h4-7,10,13H,8-9H2,1-3H3. The summed E-state index contributed by atoms with van der Waals surface area (Å²) in [5.41, 5.74) is 1.87. The van der Waals surface area contributed by atoms with Gasteiger partial charge in [-0.05, 0) is 36.0 Å². The first kappa shape index (κ1) is 11.6. The summed E-state index contributed by atoms with van der Waals surface area (Å²) in [6, 6.07) is 8.31. The van der Waals surface area contributed by atoms with Crippen LogP contribution in [0.15, 0.2) is 24.3 Å². The quantitative estimate of drug-likeness (QED) is 0.731. The van der Waals surface area contributed by atoms with Crippen molar-refractivity contribution in [3.8, 4) is 0 Å². The highest BCUT2D eigenvalue weighted by Crippen LogP contribution is 2.71. The number of halogens is 1. The second-order valence-electron chi connectivity index (χ2n) is 6.06. The molecule has 0 N–H and O–H groups in total. The number of rotatable bonds is 3. The molecule has 3 unspecified atom stereocenters. The molecular weight excluding hydrogens is 232 g/mol. The lowest BCUT2D eigenvalue weighted by Gasteiger charge is -2.25. The van der Waals surface area contributed by atoms with Gasteiger partial charge in [0.05, 0.1) is 12.2 Å². The van der Waals surface area contributed by atoms with E-state index in [-0.39, 0.29) is 5.60 Å². The lowest BCUT2D eigenvalue weighted by Crippen LogP contribution is -2.31. The van der Waals surface area contributed by atoms with Crippen LogP contribution in [0, 0.1) is 11.3 Å². The van der Waals surface area contributed by atoms with E-state index in [1.807, 2.05) is 12.1 Å². The smallest absolute Gasteiger partial charge is 0.0998 e. The highest BCUT2D eigenvalue weighted by atomic mass is 35.5. The first-order valence-electron chi connectivity index (χ1n) is 6.39. The van der Waals surface area contributed by atoms with Gasteiger partial charge in [0.25, 0.3) is 0 Å². The highest BCUT2D eigenvalue weighted by Gasteiger charge is 2.71. The molecule has 0 radical (unpaired) electrons. The van der Waals surface area contributed by atoms with Crippen molar-refractivity contribution < 1.29 is 4.74 Å². The van der Waals surface area contributed by atoms with E-state index >= 15 is 0 Å². The Labute approximate surface area is 108 Å². The molecule has 0 amide bonds. The van der Waals surface area contributed by atoms with Gasteiger partial charge in [-0.2, -0.15) is 0 Å². The van der Waals surface area contributed by atoms with E-state index in [0.29, 0.717) is 17.3 Å². The molecule has 0 spiro atoms. The second kappa shape index (κ2) is 3.49. The third-order valence-electron chi connectivity index (χ3n) is 4.86. The zero-order valence-corrected chi connectivity index (χ0v) is 11.4. The van der Waals surface area contributed by atoms with Crippen molar-refractivity contribution in [3.63, 3.8) is 0 Å². The van der Waals surface area contributed by atoms with Crippen molar-refractivity contribution in [1.82, 2.24) is 0 Å². The predicted molar refractivity (Wildman–Crippen MR) is 70.4 cm³/mol. The molecule has 17 heavy (non-hydrogen) atoms. The Morgan fingerprint density at radius 2 is 1.88 bits per heavy atom. The van der Waals surface area contributed by atoms with E-state index in [1.165, 1.54) is 12.0 Å². The van der Waals surface area contributed by atoms with Gasteiger partial charge in [-0.15, -0.1) is 0 Å². The van der Waals surface area contributed by atoms with Crippen LogP contribution in [-0.4, -0.2) is 12.2 Å². The molecule has 1 aromatic carbocycles. The molecule has 92 valence electrons. The van der Waals surface area contributed by atoms with Crippen molar-refractivity contribution in [3.05, 3.63) is 34.9 Å². The Hall–Kier alpha value is -0.530. The normalized spacial score (nSPS) is 39.5. The molecular formula is C15H19ClO. The third-order valence-corrected chi connectivity index (χ3v) is 5.12. The first-order chi connectivity index (χ1) is 7.99. The SMILES string of the molecule is CC(C)C1(C2(C)CC2c2ccc(Cl)cc2)CO1. The largest absolute Gasteiger partial charge is 0.369 e. The summed E-state index contributed by atoms with van der Waals surface area (Å²) in [4.78, 5) is 0. The van der Waals surface area contributed by atoms with Gasteiger partial charge in [0.15, 0.2) is 0 Å². The van der Waals surface area contributed by atoms with E-state index in [9.17, 15) is 0 Å². The Morgan fingerprint density at radius 1 is 1.29 bits per heavy atom. The minimum atomic E-state index is 0.136. The van der Waals surface area contributed by atoms with Gasteiger partial charge < -0.3 is 4.74 Å². The monoisotopic (exact) mass is 250 g/mol. The lowest BCUT2D eigenvalue weighted by molar-refractivity contribution is 0.151. The van der Waals surface area contributed by atoms with Crippen LogP contribution < -0.4 is 0 Å². The zero-order chi connectivity index (χ0) is 12.3. The lowest BCUT2D eigenvalue weighted by atomic mass is 9.79. The average Bonchev–Trinajstić information content (AvgIpc) is 3.13. The van der Waals surface area contributed by atoms with E-state index < -0.39 is 0 Å². The number of ether oxygens (including phenoxy) is 1. The van der Waals surface area contributed by atoms with E-state index in [2.05, 4.69) is 32.9 Å². The van der Waals surface area contributed by atoms with E-state index in [4.69, 9.17) is 16.3 Å². The van der Waals surface area contributed by atoms with Crippen molar-refractivity contribution in [1.29, 1.82) is 0 Å². The van der Waals surface area contributed by atoms with Gasteiger partial charge in [0.2, 0.25) is 0 Å². The van der Waals surface area contributed by atoms with Crippen molar-refractivity contribution >= 4 is 11.6 Å². The fraction of sp³-hybridized carbons (Fsp3) is 0.600. The maximum Gasteiger partial charge on any atom is 0.0998 e. The first-order valence-corrected chi connectivity index (χ1v) is 6.77. The summed E-state index contributed by atoms with van der Waals surface area (Å²) in [5.74, 6) is 1.24. The summed E-state index contributed by atoms with van der Waals surface area (Å²) in [7, 11) is 0. The maximum absolute atomic E-state index is 5.94. The van der Waals surface area contributed by atoms with Gasteiger partial charge >= 0.3 is 0 Å². The van der Waals surface area contributed by atoms with Crippen LogP contribution in [0.5, 0.6) is 0 Å². The Kier molecular flexibility index (Phi) is 2.37. The van der Waals surface area contributed by atoms with Crippen LogP contribution in [0.4, 0.5) is 0 Å². The topological polar surface area (TPSA) is 12.5 Å². The number of hydrogen-bond acceptors (Lipinski definition) is 1. The molecule has 1 saturated carbocycles. The molecule has 3 rings (SSSR count). The van der Waals surface area contributed by atoms with E-state index in [1.54, 1.807) is 0 Å². The van der Waals surface area contributed by atoms with E-state index in [0.717, 1.165) is 11.6 Å². The van der Waals surface area contributed by atoms with Crippen LogP contribution in [0.1, 0.15) is 38.7 Å². The molecule has 1 heterocycles. The second-order valence-corrected chi connectivity index (χ2v) is 6.50. The van der Waals surface area contributed by atoms with Gasteiger partial charge in [0, 0.05) is 10.4 Å². The molecule has 0 bridgehead atoms. The summed E-state index contributed by atoms with van der Waals surface area (Å²) < 4.78 is 5.83. The van der Waals surface area contributed by atoms with Gasteiger partial charge in [-0.1, -0.05) is 44.5 Å². The minimum absolute atomic E-state index is 0.136. The third kappa shape index (κ3) is 1.56. The van der Waals surface area contributed by atoms with Crippen LogP contribution >= 0.6 is 11.6 Å². The molecule has 2 aliphatic rings. The van der Waals surface area contributed by atoms with Crippen LogP contribution in [0.3, 0.4) is 0 Å². The van der Waals surface area contributed by atoms with Crippen molar-refractivity contribution in [2.75, 3.05) is 6.61 Å². The molecule has 2 heteroatoms. The summed E-state index contributed by atoms with van der Waals surface area (Å²) in [6.45, 7) is 7.86. The predicted octanol–water partition coefficient (Wildman–Crippen LogP) is 4.26. The fourth-order valence-corrected chi connectivity index (χ4v) is 3.54. The fourth-order valence-electron chi connectivity index (χ4n) is 3.41. The van der Waals surface area contributed by atoms with Crippen molar-refractivity contribution in [2.24, 2.45) is 11.3 Å². The minimum Gasteiger partial charge on any atom is -0.369 e. The summed E-state index contributed by atoms with van der Waals surface area (Å²) >= 11 is 5.94. The summed E-state index contributed by atoms with van der Waals surface area (Å²) in [6.07, 6.45) is 1.24. The van der Waals surface area contributed by atoms with Gasteiger partial charge in [-0.3, -0.25) is 0 Å². The number of epoxide rings is 1. The Morgan fingerprint density at radius 3 is 2.35 bits per heavy atom. The molecule has 1 nitrogen and oxygen atoms in total. The number of benzene rings is 1. The molecule has 1 saturated heterocycles. The molecule has 1 aliphatic heterocycles. The Bertz CT molecular complexity index is 433. The molecule has 2 fully saturated rings. The molecule has 3 atom stereocenters. The van der Waals surface area contributed by atoms with Crippen LogP contribution in [-0.2, 0) is 4.74 Å². The molecule has 1 aliphatic carbocycles. The molecule has 1 aromatic rings. The number of hydrogen-bond donors (Lipinski definition) is 0. The van der Waals surface area contributed by atoms with Crippen LogP contribution in [0.2, 0.25) is 5.02 Å². The maximum atomic E-state index is 5.94. The average molecular weight is 251 g/mol. The molecule has 0 aromatic heterocycles. The zero-order valence-electron chi connectivity index (χ0n) is 10.7. The highest BCUT2D eigenvalue weighted by molar-refractivity contribution is 6.30. The van der Waals surface area contributed by atoms with Crippen LogP contribution in [0.25, 0.3) is 0 Å². The van der Waals surface area contributed by atoms with Gasteiger partial charge in [0.1, 0.15) is 0 Å². The summed E-state index contributed by atoms with van der Waals surface area (Å²) in [5, 5.41) is 0.817.